The van der Waals surface area contributed by atoms with Crippen molar-refractivity contribution in [2.24, 2.45) is 0 Å². The summed E-state index contributed by atoms with van der Waals surface area (Å²) in [7, 11) is 0. The maximum absolute atomic E-state index is 11.0. The van der Waals surface area contributed by atoms with Gasteiger partial charge in [0.1, 0.15) is 11.7 Å². The third-order valence-corrected chi connectivity index (χ3v) is 2.80. The zero-order valence-corrected chi connectivity index (χ0v) is 11.6. The molecule has 0 radical (unpaired) electrons. The van der Waals surface area contributed by atoms with Gasteiger partial charge in [0.05, 0.1) is 12.7 Å². The van der Waals surface area contributed by atoms with Crippen LogP contribution < -0.4 is 0 Å². The summed E-state index contributed by atoms with van der Waals surface area (Å²) in [4.78, 5) is 21.8. The average molecular weight is 272 g/mol. The number of esters is 2. The summed E-state index contributed by atoms with van der Waals surface area (Å²) >= 11 is 0. The van der Waals surface area contributed by atoms with Crippen LogP contribution in [0.2, 0.25) is 0 Å². The fourth-order valence-corrected chi connectivity index (χ4v) is 1.96. The van der Waals surface area contributed by atoms with E-state index in [1.165, 1.54) is 19.9 Å². The van der Waals surface area contributed by atoms with E-state index in [0.29, 0.717) is 0 Å². The maximum atomic E-state index is 11.0. The zero-order chi connectivity index (χ0) is 14.6. The molecule has 0 amide bonds. The number of ether oxygens (including phenoxy) is 3. The predicted octanol–water partition coefficient (Wildman–Crippen LogP) is 0.576. The minimum absolute atomic E-state index is 0.0232. The molecule has 6 heteroatoms. The van der Waals surface area contributed by atoms with Crippen LogP contribution in [0.1, 0.15) is 27.7 Å². The van der Waals surface area contributed by atoms with Crippen molar-refractivity contribution in [2.75, 3.05) is 6.61 Å². The molecule has 1 aliphatic heterocycles. The van der Waals surface area contributed by atoms with Crippen molar-refractivity contribution < 1.29 is 28.9 Å². The Morgan fingerprint density at radius 1 is 1.42 bits per heavy atom. The quantitative estimate of drug-likeness (QED) is 0.595. The number of hydrogen-bond donors (Lipinski definition) is 1. The standard InChI is InChI=1S/C13H20O6/c1-8(18-10(3)14)5-6-13(16)7-17-9(2)12(13)19-11(4)15/h5-6,8-9,12,16H,7H2,1-4H3/b6-5+/t8-,9?,12+,13+/m0/s1. The Balaban J connectivity index is 2.75. The van der Waals surface area contributed by atoms with E-state index >= 15 is 0 Å². The van der Waals surface area contributed by atoms with E-state index in [9.17, 15) is 14.7 Å². The van der Waals surface area contributed by atoms with Gasteiger partial charge < -0.3 is 19.3 Å². The molecule has 1 unspecified atom stereocenters. The first-order valence-electron chi connectivity index (χ1n) is 6.12. The molecule has 19 heavy (non-hydrogen) atoms. The largest absolute Gasteiger partial charge is 0.459 e. The van der Waals surface area contributed by atoms with E-state index in [0.717, 1.165) is 0 Å². The molecule has 4 atom stereocenters. The second kappa shape index (κ2) is 6.16. The van der Waals surface area contributed by atoms with Gasteiger partial charge in [-0.1, -0.05) is 0 Å². The smallest absolute Gasteiger partial charge is 0.303 e. The molecular weight excluding hydrogens is 252 g/mol. The Morgan fingerprint density at radius 3 is 2.58 bits per heavy atom. The molecule has 1 rings (SSSR count). The van der Waals surface area contributed by atoms with Crippen molar-refractivity contribution in [3.05, 3.63) is 12.2 Å². The van der Waals surface area contributed by atoms with Crippen LogP contribution in [0.15, 0.2) is 12.2 Å². The normalized spacial score (nSPS) is 32.3. The molecule has 0 aliphatic carbocycles. The van der Waals surface area contributed by atoms with Gasteiger partial charge in [-0.3, -0.25) is 9.59 Å². The first-order valence-corrected chi connectivity index (χ1v) is 6.12. The Bertz CT molecular complexity index is 377. The summed E-state index contributed by atoms with van der Waals surface area (Å²) in [5.74, 6) is -0.890. The van der Waals surface area contributed by atoms with E-state index in [4.69, 9.17) is 14.2 Å². The fraction of sp³-hybridized carbons (Fsp3) is 0.692. The van der Waals surface area contributed by atoms with E-state index in [-0.39, 0.29) is 6.61 Å². The highest BCUT2D eigenvalue weighted by Crippen LogP contribution is 2.29. The van der Waals surface area contributed by atoms with Crippen LogP contribution in [0.25, 0.3) is 0 Å². The molecule has 0 aromatic heterocycles. The van der Waals surface area contributed by atoms with Gasteiger partial charge in [0.15, 0.2) is 6.10 Å². The van der Waals surface area contributed by atoms with Gasteiger partial charge in [-0.05, 0) is 26.0 Å². The highest BCUT2D eigenvalue weighted by molar-refractivity contribution is 5.66. The molecule has 108 valence electrons. The van der Waals surface area contributed by atoms with Crippen molar-refractivity contribution in [2.45, 2.75) is 51.6 Å². The topological polar surface area (TPSA) is 82.1 Å². The van der Waals surface area contributed by atoms with Crippen LogP contribution in [0, 0.1) is 0 Å². The van der Waals surface area contributed by atoms with Gasteiger partial charge >= 0.3 is 11.9 Å². The van der Waals surface area contributed by atoms with Crippen molar-refractivity contribution in [1.29, 1.82) is 0 Å². The van der Waals surface area contributed by atoms with Gasteiger partial charge in [-0.15, -0.1) is 0 Å². The lowest BCUT2D eigenvalue weighted by Crippen LogP contribution is -2.44. The number of hydrogen-bond acceptors (Lipinski definition) is 6. The average Bonchev–Trinajstić information content (AvgIpc) is 2.54. The predicted molar refractivity (Wildman–Crippen MR) is 66.3 cm³/mol. The van der Waals surface area contributed by atoms with Gasteiger partial charge in [-0.2, -0.15) is 0 Å². The lowest BCUT2D eigenvalue weighted by atomic mass is 9.96. The van der Waals surface area contributed by atoms with E-state index < -0.39 is 35.9 Å². The second-order valence-electron chi connectivity index (χ2n) is 4.71. The summed E-state index contributed by atoms with van der Waals surface area (Å²) in [6.45, 7) is 5.99. The van der Waals surface area contributed by atoms with Crippen LogP contribution in [-0.4, -0.2) is 47.6 Å². The second-order valence-corrected chi connectivity index (χ2v) is 4.71. The number of carbonyl (C=O) groups is 2. The van der Waals surface area contributed by atoms with Crippen molar-refractivity contribution in [1.82, 2.24) is 0 Å². The first kappa shape index (κ1) is 15.7. The molecule has 6 nitrogen and oxygen atoms in total. The molecule has 1 aliphatic rings. The fourth-order valence-electron chi connectivity index (χ4n) is 1.96. The minimum Gasteiger partial charge on any atom is -0.459 e. The molecule has 1 heterocycles. The Labute approximate surface area is 112 Å². The van der Waals surface area contributed by atoms with Crippen LogP contribution >= 0.6 is 0 Å². The zero-order valence-electron chi connectivity index (χ0n) is 11.6. The molecule has 0 bridgehead atoms. The Kier molecular flexibility index (Phi) is 5.08. The molecule has 1 N–H and O–H groups in total. The summed E-state index contributed by atoms with van der Waals surface area (Å²) in [5.41, 5.74) is -1.40. The molecule has 0 spiro atoms. The molecule has 0 saturated carbocycles. The molecule has 0 aromatic carbocycles. The number of rotatable bonds is 4. The van der Waals surface area contributed by atoms with Gasteiger partial charge in [-0.25, -0.2) is 0 Å². The lowest BCUT2D eigenvalue weighted by Gasteiger charge is -2.26. The first-order chi connectivity index (χ1) is 8.74. The van der Waals surface area contributed by atoms with Gasteiger partial charge in [0.25, 0.3) is 0 Å². The van der Waals surface area contributed by atoms with Crippen molar-refractivity contribution >= 4 is 11.9 Å². The van der Waals surface area contributed by atoms with Crippen LogP contribution in [0.3, 0.4) is 0 Å². The van der Waals surface area contributed by atoms with Crippen LogP contribution in [-0.2, 0) is 23.8 Å². The number of carbonyl (C=O) groups excluding carboxylic acids is 2. The molecule has 1 saturated heterocycles. The SMILES string of the molecule is CC(=O)O[C@@H]1C(C)OC[C@]1(O)/C=C/[C@H](C)OC(C)=O. The Hall–Kier alpha value is -1.40. The third-order valence-electron chi connectivity index (χ3n) is 2.80. The van der Waals surface area contributed by atoms with Gasteiger partial charge in [0, 0.05) is 13.8 Å². The highest BCUT2D eigenvalue weighted by Gasteiger charge is 2.47. The van der Waals surface area contributed by atoms with Crippen molar-refractivity contribution in [3.8, 4) is 0 Å². The van der Waals surface area contributed by atoms with Crippen LogP contribution in [0.4, 0.5) is 0 Å². The Morgan fingerprint density at radius 2 is 2.05 bits per heavy atom. The summed E-state index contributed by atoms with van der Waals surface area (Å²) in [5, 5.41) is 10.4. The summed E-state index contributed by atoms with van der Waals surface area (Å²) in [6.07, 6.45) is 1.35. The highest BCUT2D eigenvalue weighted by atomic mass is 16.6. The molecular formula is C13H20O6. The minimum atomic E-state index is -1.40. The van der Waals surface area contributed by atoms with E-state index in [1.807, 2.05) is 0 Å². The van der Waals surface area contributed by atoms with Crippen molar-refractivity contribution in [3.63, 3.8) is 0 Å². The van der Waals surface area contributed by atoms with Crippen LogP contribution in [0.5, 0.6) is 0 Å². The number of aliphatic hydroxyl groups is 1. The maximum Gasteiger partial charge on any atom is 0.303 e. The third kappa shape index (κ3) is 4.33. The van der Waals surface area contributed by atoms with E-state index in [2.05, 4.69) is 0 Å². The lowest BCUT2D eigenvalue weighted by molar-refractivity contribution is -0.155. The monoisotopic (exact) mass is 272 g/mol. The molecule has 1 fully saturated rings. The summed E-state index contributed by atoms with van der Waals surface area (Å²) in [6, 6.07) is 0. The van der Waals surface area contributed by atoms with Gasteiger partial charge in [0.2, 0.25) is 0 Å². The van der Waals surface area contributed by atoms with E-state index in [1.54, 1.807) is 19.9 Å². The molecule has 0 aromatic rings. The summed E-state index contributed by atoms with van der Waals surface area (Å²) < 4.78 is 15.3.